The predicted molar refractivity (Wildman–Crippen MR) is 88.0 cm³/mol. The topological polar surface area (TPSA) is 61.4 Å². The third-order valence-corrected chi connectivity index (χ3v) is 5.46. The number of nitrogens with zero attached hydrogens (tertiary/aromatic N) is 1. The Kier molecular flexibility index (Phi) is 7.09. The van der Waals surface area contributed by atoms with Crippen LogP contribution in [0.15, 0.2) is 24.3 Å². The van der Waals surface area contributed by atoms with Gasteiger partial charge in [0.15, 0.2) is 0 Å². The molecule has 0 saturated carbocycles. The molecule has 7 heteroatoms. The van der Waals surface area contributed by atoms with Crippen LogP contribution in [0.2, 0.25) is 0 Å². The summed E-state index contributed by atoms with van der Waals surface area (Å²) >= 11 is 0. The average Bonchev–Trinajstić information content (AvgIpc) is 2.46. The fourth-order valence-electron chi connectivity index (χ4n) is 2.62. The highest BCUT2D eigenvalue weighted by Gasteiger charge is 2.23. The molecule has 0 amide bonds. The lowest BCUT2D eigenvalue weighted by atomic mass is 9.95. The first-order chi connectivity index (χ1) is 9.58. The zero-order chi connectivity index (χ0) is 14.6. The smallest absolute Gasteiger partial charge is 0.279 e. The number of rotatable bonds is 6. The van der Waals surface area contributed by atoms with Crippen LogP contribution in [0.25, 0.3) is 0 Å². The minimum absolute atomic E-state index is 0. The van der Waals surface area contributed by atoms with Crippen molar-refractivity contribution in [3.8, 4) is 0 Å². The van der Waals surface area contributed by atoms with Crippen LogP contribution in [-0.4, -0.2) is 38.9 Å². The van der Waals surface area contributed by atoms with Gasteiger partial charge < -0.3 is 5.32 Å². The maximum Gasteiger partial charge on any atom is 0.279 e. The number of hydrogen-bond acceptors (Lipinski definition) is 3. The molecular weight excluding hydrogens is 310 g/mol. The SMILES string of the molecule is CCN(CC)S(=O)(=O)NCC1NCCc2ccccc21.Cl. The van der Waals surface area contributed by atoms with E-state index in [0.29, 0.717) is 19.6 Å². The Hall–Kier alpha value is -0.660. The van der Waals surface area contributed by atoms with Crippen LogP contribution in [0.1, 0.15) is 31.0 Å². The number of hydrogen-bond donors (Lipinski definition) is 2. The van der Waals surface area contributed by atoms with E-state index in [1.165, 1.54) is 15.4 Å². The fourth-order valence-corrected chi connectivity index (χ4v) is 3.86. The third kappa shape index (κ3) is 4.40. The van der Waals surface area contributed by atoms with E-state index in [0.717, 1.165) is 13.0 Å². The van der Waals surface area contributed by atoms with Gasteiger partial charge in [0.2, 0.25) is 0 Å². The van der Waals surface area contributed by atoms with Crippen LogP contribution in [0.4, 0.5) is 0 Å². The minimum atomic E-state index is -3.38. The van der Waals surface area contributed by atoms with Crippen molar-refractivity contribution in [1.82, 2.24) is 14.3 Å². The van der Waals surface area contributed by atoms with Crippen molar-refractivity contribution < 1.29 is 8.42 Å². The molecule has 5 nitrogen and oxygen atoms in total. The summed E-state index contributed by atoms with van der Waals surface area (Å²) in [6, 6.07) is 8.25. The highest BCUT2D eigenvalue weighted by atomic mass is 35.5. The van der Waals surface area contributed by atoms with Gasteiger partial charge in [0.1, 0.15) is 0 Å². The van der Waals surface area contributed by atoms with E-state index in [1.807, 2.05) is 26.0 Å². The highest BCUT2D eigenvalue weighted by Crippen LogP contribution is 2.22. The van der Waals surface area contributed by atoms with Crippen molar-refractivity contribution in [2.45, 2.75) is 26.3 Å². The van der Waals surface area contributed by atoms with E-state index in [-0.39, 0.29) is 18.4 Å². The number of fused-ring (bicyclic) bond motifs is 1. The summed E-state index contributed by atoms with van der Waals surface area (Å²) in [5.41, 5.74) is 2.50. The quantitative estimate of drug-likeness (QED) is 0.828. The molecular formula is C14H24ClN3O2S. The Morgan fingerprint density at radius 3 is 2.62 bits per heavy atom. The molecule has 120 valence electrons. The Balaban J connectivity index is 0.00000220. The zero-order valence-electron chi connectivity index (χ0n) is 12.5. The van der Waals surface area contributed by atoms with Crippen LogP contribution in [0.3, 0.4) is 0 Å². The summed E-state index contributed by atoms with van der Waals surface area (Å²) < 4.78 is 28.4. The van der Waals surface area contributed by atoms with Gasteiger partial charge in [-0.1, -0.05) is 38.1 Å². The standard InChI is InChI=1S/C14H23N3O2S.ClH/c1-3-17(4-2)20(18,19)16-11-14-13-8-6-5-7-12(13)9-10-15-14;/h5-8,14-16H,3-4,9-11H2,1-2H3;1H. The number of halogens is 1. The van der Waals surface area contributed by atoms with Crippen LogP contribution in [0, 0.1) is 0 Å². The lowest BCUT2D eigenvalue weighted by Gasteiger charge is -2.28. The summed E-state index contributed by atoms with van der Waals surface area (Å²) in [6.07, 6.45) is 0.996. The molecule has 0 bridgehead atoms. The van der Waals surface area contributed by atoms with Crippen molar-refractivity contribution >= 4 is 22.6 Å². The van der Waals surface area contributed by atoms with Crippen molar-refractivity contribution in [3.05, 3.63) is 35.4 Å². The maximum absolute atomic E-state index is 12.1. The van der Waals surface area contributed by atoms with Gasteiger partial charge in [-0.05, 0) is 24.1 Å². The van der Waals surface area contributed by atoms with E-state index in [9.17, 15) is 8.42 Å². The summed E-state index contributed by atoms with van der Waals surface area (Å²) in [6.45, 7) is 5.93. The highest BCUT2D eigenvalue weighted by molar-refractivity contribution is 7.87. The van der Waals surface area contributed by atoms with Crippen LogP contribution in [-0.2, 0) is 16.6 Å². The van der Waals surface area contributed by atoms with Crippen molar-refractivity contribution in [2.75, 3.05) is 26.2 Å². The molecule has 0 aromatic heterocycles. The first-order valence-electron chi connectivity index (χ1n) is 7.14. The summed E-state index contributed by atoms with van der Waals surface area (Å²) in [5.74, 6) is 0. The molecule has 1 aliphatic rings. The van der Waals surface area contributed by atoms with Gasteiger partial charge in [-0.15, -0.1) is 12.4 Å². The fraction of sp³-hybridized carbons (Fsp3) is 0.571. The third-order valence-electron chi connectivity index (χ3n) is 3.73. The second-order valence-corrected chi connectivity index (χ2v) is 6.65. The van der Waals surface area contributed by atoms with Crippen LogP contribution >= 0.6 is 12.4 Å². The van der Waals surface area contributed by atoms with E-state index < -0.39 is 10.2 Å². The Morgan fingerprint density at radius 2 is 1.95 bits per heavy atom. The average molecular weight is 334 g/mol. The second kappa shape index (κ2) is 8.10. The lowest BCUT2D eigenvalue weighted by Crippen LogP contribution is -2.45. The molecule has 1 aliphatic heterocycles. The molecule has 2 N–H and O–H groups in total. The summed E-state index contributed by atoms with van der Waals surface area (Å²) in [4.78, 5) is 0. The van der Waals surface area contributed by atoms with Crippen molar-refractivity contribution in [2.24, 2.45) is 0 Å². The number of nitrogens with one attached hydrogen (secondary N) is 2. The van der Waals surface area contributed by atoms with Gasteiger partial charge >= 0.3 is 0 Å². The molecule has 1 aromatic carbocycles. The molecule has 1 atom stereocenters. The summed E-state index contributed by atoms with van der Waals surface area (Å²) in [5, 5.41) is 3.38. The van der Waals surface area contributed by atoms with Gasteiger partial charge in [0.05, 0.1) is 0 Å². The zero-order valence-corrected chi connectivity index (χ0v) is 14.1. The molecule has 1 aromatic rings. The van der Waals surface area contributed by atoms with E-state index in [4.69, 9.17) is 0 Å². The van der Waals surface area contributed by atoms with Crippen molar-refractivity contribution in [3.63, 3.8) is 0 Å². The Bertz CT molecular complexity index is 547. The minimum Gasteiger partial charge on any atom is -0.308 e. The Morgan fingerprint density at radius 1 is 1.29 bits per heavy atom. The second-order valence-electron chi connectivity index (χ2n) is 4.89. The van der Waals surface area contributed by atoms with E-state index >= 15 is 0 Å². The molecule has 1 heterocycles. The molecule has 1 unspecified atom stereocenters. The molecule has 0 radical (unpaired) electrons. The first-order valence-corrected chi connectivity index (χ1v) is 8.58. The molecule has 0 spiro atoms. The predicted octanol–water partition coefficient (Wildman–Crippen LogP) is 1.47. The Labute approximate surface area is 133 Å². The lowest BCUT2D eigenvalue weighted by molar-refractivity contribution is 0.424. The molecule has 0 saturated heterocycles. The first kappa shape index (κ1) is 18.4. The monoisotopic (exact) mass is 333 g/mol. The molecule has 21 heavy (non-hydrogen) atoms. The van der Waals surface area contributed by atoms with Gasteiger partial charge in [-0.3, -0.25) is 0 Å². The van der Waals surface area contributed by atoms with E-state index in [2.05, 4.69) is 22.2 Å². The largest absolute Gasteiger partial charge is 0.308 e. The van der Waals surface area contributed by atoms with Crippen LogP contribution < -0.4 is 10.0 Å². The normalized spacial score (nSPS) is 18.1. The van der Waals surface area contributed by atoms with Crippen molar-refractivity contribution in [1.29, 1.82) is 0 Å². The molecule has 0 fully saturated rings. The van der Waals surface area contributed by atoms with E-state index in [1.54, 1.807) is 0 Å². The number of benzene rings is 1. The summed E-state index contributed by atoms with van der Waals surface area (Å²) in [7, 11) is -3.38. The van der Waals surface area contributed by atoms with Gasteiger partial charge in [0, 0.05) is 25.7 Å². The van der Waals surface area contributed by atoms with Gasteiger partial charge in [-0.25, -0.2) is 4.72 Å². The van der Waals surface area contributed by atoms with Gasteiger partial charge in [-0.2, -0.15) is 12.7 Å². The molecule has 0 aliphatic carbocycles. The van der Waals surface area contributed by atoms with Crippen LogP contribution in [0.5, 0.6) is 0 Å². The van der Waals surface area contributed by atoms with Gasteiger partial charge in [0.25, 0.3) is 10.2 Å². The molecule has 2 rings (SSSR count). The maximum atomic E-state index is 12.1.